The number of amides is 1. The molecule has 0 aromatic heterocycles. The van der Waals surface area contributed by atoms with Gasteiger partial charge in [0, 0.05) is 36.0 Å². The molecular formula is C41H43Cl2N3O9S. The van der Waals surface area contributed by atoms with Crippen molar-refractivity contribution in [3.63, 3.8) is 0 Å². The standard InChI is InChI=1S/C35H35Cl2N3O2S.C6H8O7/c1-39(35(41)31-13-11-26(22-38)28-7-3-4-9-30(28)31)23-27(25-12-14-32(36)33(37)21-25)17-20-40-18-15-24(16-19-40)29-8-5-6-10-34(29)43(2)42;7-3(8)1-6(13,5(11)12)2-4(9)10/h3-14,21,24,27H,15-20,23H2,1-2H3;13H,1-2H2,(H,7,8)(H,9,10)(H,11,12)/t27-,43+;/m1./s1. The number of carboxylic acid groups (broad SMARTS) is 3. The van der Waals surface area contributed by atoms with Gasteiger partial charge in [0.05, 0.1) is 34.5 Å². The highest BCUT2D eigenvalue weighted by Gasteiger charge is 2.40. The Balaban J connectivity index is 0.000000460. The van der Waals surface area contributed by atoms with E-state index in [-0.39, 0.29) is 11.8 Å². The Bertz CT molecular complexity index is 2080. The van der Waals surface area contributed by atoms with Crippen molar-refractivity contribution in [2.75, 3.05) is 39.5 Å². The topological polar surface area (TPSA) is 203 Å². The molecule has 0 spiro atoms. The molecule has 0 saturated carbocycles. The normalized spacial score (nSPS) is 14.5. The van der Waals surface area contributed by atoms with E-state index in [0.29, 0.717) is 33.6 Å². The van der Waals surface area contributed by atoms with E-state index in [0.717, 1.165) is 60.1 Å². The molecule has 4 aromatic rings. The van der Waals surface area contributed by atoms with Gasteiger partial charge in [0.1, 0.15) is 6.26 Å². The minimum absolute atomic E-state index is 0.0503. The molecule has 12 nitrogen and oxygen atoms in total. The number of aliphatic carboxylic acids is 3. The molecule has 1 fully saturated rings. The van der Waals surface area contributed by atoms with E-state index in [4.69, 9.17) is 43.6 Å². The summed E-state index contributed by atoms with van der Waals surface area (Å²) >= 11 is 11.7. The van der Waals surface area contributed by atoms with Crippen molar-refractivity contribution < 1.29 is 44.2 Å². The first-order valence-corrected chi connectivity index (χ1v) is 20.0. The number of carbonyl (C=O) groups excluding carboxylic acids is 1. The maximum atomic E-state index is 13.8. The Kier molecular flexibility index (Phi) is 15.7. The summed E-state index contributed by atoms with van der Waals surface area (Å²) in [5, 5.41) is 45.9. The molecule has 1 amide bonds. The number of hydrogen-bond acceptors (Lipinski definition) is 8. The zero-order valence-corrected chi connectivity index (χ0v) is 33.2. The van der Waals surface area contributed by atoms with Crippen molar-refractivity contribution >= 4 is 69.0 Å². The largest absolute Gasteiger partial charge is 0.612 e. The first-order valence-electron chi connectivity index (χ1n) is 17.7. The van der Waals surface area contributed by atoms with Crippen molar-refractivity contribution in [2.45, 2.75) is 54.4 Å². The monoisotopic (exact) mass is 823 g/mol. The number of likely N-dealkylation sites (N-methyl/N-ethyl adjacent to an activating group) is 1. The predicted octanol–water partition coefficient (Wildman–Crippen LogP) is 6.63. The third-order valence-electron chi connectivity index (χ3n) is 9.87. The van der Waals surface area contributed by atoms with Crippen molar-refractivity contribution in [2.24, 2.45) is 0 Å². The number of halogens is 2. The van der Waals surface area contributed by atoms with Gasteiger partial charge < -0.3 is 34.8 Å². The second kappa shape index (κ2) is 20.0. The van der Waals surface area contributed by atoms with Crippen molar-refractivity contribution in [3.05, 3.63) is 111 Å². The van der Waals surface area contributed by atoms with Gasteiger partial charge in [-0.05, 0) is 97.3 Å². The molecule has 0 aliphatic carbocycles. The van der Waals surface area contributed by atoms with Gasteiger partial charge in [-0.25, -0.2) is 4.79 Å². The van der Waals surface area contributed by atoms with Gasteiger partial charge >= 0.3 is 17.9 Å². The van der Waals surface area contributed by atoms with Crippen LogP contribution in [0.25, 0.3) is 10.8 Å². The lowest BCUT2D eigenvalue weighted by molar-refractivity contribution is -0.170. The van der Waals surface area contributed by atoms with Gasteiger partial charge in [-0.1, -0.05) is 71.7 Å². The first-order chi connectivity index (χ1) is 26.5. The van der Waals surface area contributed by atoms with E-state index in [1.54, 1.807) is 23.3 Å². The number of aliphatic hydroxyl groups is 1. The lowest BCUT2D eigenvalue weighted by atomic mass is 9.88. The van der Waals surface area contributed by atoms with E-state index in [9.17, 15) is 29.0 Å². The molecule has 56 heavy (non-hydrogen) atoms. The first kappa shape index (κ1) is 44.0. The lowest BCUT2D eigenvalue weighted by Gasteiger charge is -2.34. The zero-order valence-electron chi connectivity index (χ0n) is 30.9. The van der Waals surface area contributed by atoms with Crippen LogP contribution in [0, 0.1) is 11.3 Å². The number of nitriles is 1. The van der Waals surface area contributed by atoms with Crippen LogP contribution >= 0.6 is 23.2 Å². The molecule has 5 rings (SSSR count). The average molecular weight is 825 g/mol. The second-order valence-corrected chi connectivity index (χ2v) is 15.9. The van der Waals surface area contributed by atoms with Gasteiger partial charge in [-0.2, -0.15) is 5.26 Å². The van der Waals surface area contributed by atoms with Gasteiger partial charge in [0.15, 0.2) is 10.5 Å². The van der Waals surface area contributed by atoms with Crippen LogP contribution in [0.3, 0.4) is 0 Å². The number of rotatable bonds is 14. The highest BCUT2D eigenvalue weighted by atomic mass is 35.5. The Morgan fingerprint density at radius 3 is 2.11 bits per heavy atom. The summed E-state index contributed by atoms with van der Waals surface area (Å²) in [5.41, 5.74) is 0.664. The molecule has 0 unspecified atom stereocenters. The summed E-state index contributed by atoms with van der Waals surface area (Å²) in [5.74, 6) is -4.64. The molecule has 1 heterocycles. The summed E-state index contributed by atoms with van der Waals surface area (Å²) in [6, 6.07) is 27.1. The van der Waals surface area contributed by atoms with Crippen LogP contribution in [-0.4, -0.2) is 104 Å². The number of carbonyl (C=O) groups is 4. The SMILES string of the molecule is CN(C[C@@H](CCN1CCC(c2ccccc2[S@+](C)[O-])CC1)c1ccc(Cl)c(Cl)c1)C(=O)c1ccc(C#N)c2ccccc12.O=C(O)CC(O)(CC(=O)O)C(=O)O. The maximum absolute atomic E-state index is 13.8. The minimum atomic E-state index is -2.74. The van der Waals surface area contributed by atoms with Crippen LogP contribution in [-0.2, 0) is 25.6 Å². The number of benzene rings is 4. The Labute approximate surface area is 338 Å². The Hall–Kier alpha value is -4.68. The molecule has 15 heteroatoms. The molecule has 2 atom stereocenters. The van der Waals surface area contributed by atoms with E-state index in [1.165, 1.54) is 5.56 Å². The van der Waals surface area contributed by atoms with Crippen LogP contribution in [0.15, 0.2) is 83.8 Å². The molecule has 4 aromatic carbocycles. The second-order valence-electron chi connectivity index (χ2n) is 13.7. The van der Waals surface area contributed by atoms with E-state index in [2.05, 4.69) is 17.0 Å². The minimum Gasteiger partial charge on any atom is -0.612 e. The summed E-state index contributed by atoms with van der Waals surface area (Å²) < 4.78 is 12.3. The van der Waals surface area contributed by atoms with Crippen molar-refractivity contribution in [1.29, 1.82) is 5.26 Å². The summed E-state index contributed by atoms with van der Waals surface area (Å²) in [6.07, 6.45) is 2.36. The van der Waals surface area contributed by atoms with Crippen LogP contribution < -0.4 is 0 Å². The lowest BCUT2D eigenvalue weighted by Crippen LogP contribution is -2.42. The van der Waals surface area contributed by atoms with E-state index in [1.807, 2.05) is 67.7 Å². The number of hydrogen-bond donors (Lipinski definition) is 4. The Morgan fingerprint density at radius 1 is 0.929 bits per heavy atom. The zero-order chi connectivity index (χ0) is 41.2. The number of likely N-dealkylation sites (tertiary alicyclic amines) is 1. The third-order valence-corrected chi connectivity index (χ3v) is 11.6. The summed E-state index contributed by atoms with van der Waals surface area (Å²) in [4.78, 5) is 49.5. The van der Waals surface area contributed by atoms with Crippen LogP contribution in [0.1, 0.15) is 71.0 Å². The third kappa shape index (κ3) is 11.4. The highest BCUT2D eigenvalue weighted by Crippen LogP contribution is 2.34. The fourth-order valence-electron chi connectivity index (χ4n) is 6.93. The number of carboxylic acids is 3. The van der Waals surface area contributed by atoms with Crippen LogP contribution in [0.2, 0.25) is 10.0 Å². The van der Waals surface area contributed by atoms with Gasteiger partial charge in [-0.3, -0.25) is 14.4 Å². The summed E-state index contributed by atoms with van der Waals surface area (Å²) in [6.45, 7) is 3.34. The quantitative estimate of drug-likeness (QED) is 0.0994. The van der Waals surface area contributed by atoms with Gasteiger partial charge in [0.2, 0.25) is 0 Å². The molecule has 1 aliphatic rings. The molecule has 1 aliphatic heterocycles. The number of piperidine rings is 1. The summed E-state index contributed by atoms with van der Waals surface area (Å²) in [7, 11) is 1.83. The van der Waals surface area contributed by atoms with Gasteiger partial charge in [0.25, 0.3) is 5.91 Å². The average Bonchev–Trinajstić information content (AvgIpc) is 3.16. The number of fused-ring (bicyclic) bond motifs is 1. The van der Waals surface area contributed by atoms with Gasteiger partial charge in [-0.15, -0.1) is 0 Å². The molecule has 296 valence electrons. The van der Waals surface area contributed by atoms with Crippen LogP contribution in [0.5, 0.6) is 0 Å². The van der Waals surface area contributed by atoms with E-state index < -0.39 is 47.5 Å². The van der Waals surface area contributed by atoms with Crippen molar-refractivity contribution in [1.82, 2.24) is 9.80 Å². The molecular weight excluding hydrogens is 781 g/mol. The highest BCUT2D eigenvalue weighted by molar-refractivity contribution is 7.90. The molecule has 0 radical (unpaired) electrons. The molecule has 0 bridgehead atoms. The molecule has 4 N–H and O–H groups in total. The van der Waals surface area contributed by atoms with E-state index >= 15 is 0 Å². The fraction of sp³-hybridized carbons (Fsp3) is 0.341. The Morgan fingerprint density at radius 2 is 1.54 bits per heavy atom. The maximum Gasteiger partial charge on any atom is 0.336 e. The predicted molar refractivity (Wildman–Crippen MR) is 214 cm³/mol. The van der Waals surface area contributed by atoms with Crippen LogP contribution in [0.4, 0.5) is 0 Å². The fourth-order valence-corrected chi connectivity index (χ4v) is 8.07. The van der Waals surface area contributed by atoms with Crippen molar-refractivity contribution in [3.8, 4) is 6.07 Å². The number of nitrogens with zero attached hydrogens (tertiary/aromatic N) is 3. The molecule has 1 saturated heterocycles. The smallest absolute Gasteiger partial charge is 0.336 e.